The SMILES string of the molecule is Cc1cncc(-n2ccc3c2CCCC3=O)c1. The zero-order chi connectivity index (χ0) is 11.8. The van der Waals surface area contributed by atoms with Crippen LogP contribution in [0.1, 0.15) is 34.5 Å². The summed E-state index contributed by atoms with van der Waals surface area (Å²) in [4.78, 5) is 16.0. The van der Waals surface area contributed by atoms with Gasteiger partial charge in [-0.1, -0.05) is 0 Å². The molecule has 3 rings (SSSR count). The van der Waals surface area contributed by atoms with Gasteiger partial charge in [-0.2, -0.15) is 0 Å². The summed E-state index contributed by atoms with van der Waals surface area (Å²) in [6.07, 6.45) is 8.27. The number of aromatic nitrogens is 2. The van der Waals surface area contributed by atoms with Crippen molar-refractivity contribution in [1.82, 2.24) is 9.55 Å². The first-order chi connectivity index (χ1) is 8.25. The summed E-state index contributed by atoms with van der Waals surface area (Å²) in [5.74, 6) is 0.269. The first kappa shape index (κ1) is 10.3. The van der Waals surface area contributed by atoms with Crippen molar-refractivity contribution in [1.29, 1.82) is 0 Å². The molecule has 3 nitrogen and oxygen atoms in total. The van der Waals surface area contributed by atoms with E-state index in [-0.39, 0.29) is 5.78 Å². The van der Waals surface area contributed by atoms with E-state index in [2.05, 4.69) is 15.6 Å². The molecule has 0 aliphatic heterocycles. The average Bonchev–Trinajstić information content (AvgIpc) is 2.74. The molecule has 0 amide bonds. The summed E-state index contributed by atoms with van der Waals surface area (Å²) in [5.41, 5.74) is 4.19. The molecular formula is C14H14N2O. The van der Waals surface area contributed by atoms with Crippen LogP contribution in [0, 0.1) is 6.92 Å². The standard InChI is InChI=1S/C14H14N2O/c1-10-7-11(9-15-8-10)16-6-5-12-13(16)3-2-4-14(12)17/h5-9H,2-4H2,1H3. The molecule has 0 saturated carbocycles. The van der Waals surface area contributed by atoms with Crippen LogP contribution >= 0.6 is 0 Å². The number of pyridine rings is 1. The molecule has 0 unspecified atom stereocenters. The first-order valence-electron chi connectivity index (χ1n) is 5.91. The van der Waals surface area contributed by atoms with E-state index >= 15 is 0 Å². The third-order valence-corrected chi connectivity index (χ3v) is 3.25. The van der Waals surface area contributed by atoms with Gasteiger partial charge < -0.3 is 4.57 Å². The zero-order valence-corrected chi connectivity index (χ0v) is 9.81. The Morgan fingerprint density at radius 3 is 3.00 bits per heavy atom. The number of ketones is 1. The summed E-state index contributed by atoms with van der Waals surface area (Å²) in [7, 11) is 0. The van der Waals surface area contributed by atoms with E-state index < -0.39 is 0 Å². The Labute approximate surface area is 100 Å². The molecule has 0 aromatic carbocycles. The molecule has 0 fully saturated rings. The van der Waals surface area contributed by atoms with Crippen molar-refractivity contribution in [2.45, 2.75) is 26.2 Å². The quantitative estimate of drug-likeness (QED) is 0.749. The van der Waals surface area contributed by atoms with Gasteiger partial charge in [-0.25, -0.2) is 0 Å². The molecule has 1 aliphatic carbocycles. The predicted octanol–water partition coefficient (Wildman–Crippen LogP) is 2.70. The monoisotopic (exact) mass is 226 g/mol. The fraction of sp³-hybridized carbons (Fsp3) is 0.286. The normalized spacial score (nSPS) is 14.8. The lowest BCUT2D eigenvalue weighted by molar-refractivity contribution is 0.0972. The predicted molar refractivity (Wildman–Crippen MR) is 65.6 cm³/mol. The van der Waals surface area contributed by atoms with Gasteiger partial charge in [-0.05, 0) is 37.5 Å². The van der Waals surface area contributed by atoms with Gasteiger partial charge in [0.25, 0.3) is 0 Å². The maximum atomic E-state index is 11.8. The zero-order valence-electron chi connectivity index (χ0n) is 9.81. The van der Waals surface area contributed by atoms with E-state index in [9.17, 15) is 4.79 Å². The van der Waals surface area contributed by atoms with E-state index in [4.69, 9.17) is 0 Å². The lowest BCUT2D eigenvalue weighted by atomic mass is 9.97. The number of fused-ring (bicyclic) bond motifs is 1. The second-order valence-electron chi connectivity index (χ2n) is 4.54. The number of Topliss-reactive ketones (excluding diaryl/α,β-unsaturated/α-hetero) is 1. The van der Waals surface area contributed by atoms with Gasteiger partial charge in [0.15, 0.2) is 5.78 Å². The molecule has 0 atom stereocenters. The number of hydrogen-bond donors (Lipinski definition) is 0. The Kier molecular flexibility index (Phi) is 2.32. The number of hydrogen-bond acceptors (Lipinski definition) is 2. The molecule has 2 aromatic rings. The van der Waals surface area contributed by atoms with Crippen molar-refractivity contribution < 1.29 is 4.79 Å². The molecule has 17 heavy (non-hydrogen) atoms. The largest absolute Gasteiger partial charge is 0.319 e. The Hall–Kier alpha value is -1.90. The molecule has 1 aliphatic rings. The van der Waals surface area contributed by atoms with Crippen molar-refractivity contribution in [3.63, 3.8) is 0 Å². The maximum absolute atomic E-state index is 11.8. The second kappa shape index (κ2) is 3.84. The average molecular weight is 226 g/mol. The van der Waals surface area contributed by atoms with Gasteiger partial charge in [0.2, 0.25) is 0 Å². The minimum absolute atomic E-state index is 0.269. The van der Waals surface area contributed by atoms with Crippen LogP contribution in [-0.2, 0) is 6.42 Å². The highest BCUT2D eigenvalue weighted by molar-refractivity contribution is 5.98. The van der Waals surface area contributed by atoms with E-state index in [0.29, 0.717) is 6.42 Å². The van der Waals surface area contributed by atoms with E-state index in [1.54, 1.807) is 0 Å². The van der Waals surface area contributed by atoms with Crippen LogP contribution in [0.15, 0.2) is 30.7 Å². The second-order valence-corrected chi connectivity index (χ2v) is 4.54. The van der Waals surface area contributed by atoms with Crippen molar-refractivity contribution in [3.8, 4) is 5.69 Å². The van der Waals surface area contributed by atoms with Gasteiger partial charge in [-0.3, -0.25) is 9.78 Å². The molecule has 0 spiro atoms. The van der Waals surface area contributed by atoms with Gasteiger partial charge in [0.1, 0.15) is 0 Å². The molecule has 0 N–H and O–H groups in total. The van der Waals surface area contributed by atoms with Crippen molar-refractivity contribution >= 4 is 5.78 Å². The fourth-order valence-electron chi connectivity index (χ4n) is 2.44. The van der Waals surface area contributed by atoms with E-state index in [0.717, 1.165) is 35.3 Å². The van der Waals surface area contributed by atoms with Crippen molar-refractivity contribution in [3.05, 3.63) is 47.5 Å². The van der Waals surface area contributed by atoms with Crippen molar-refractivity contribution in [2.75, 3.05) is 0 Å². The lowest BCUT2D eigenvalue weighted by Crippen LogP contribution is -2.12. The van der Waals surface area contributed by atoms with Crippen LogP contribution in [0.2, 0.25) is 0 Å². The van der Waals surface area contributed by atoms with Gasteiger partial charge in [-0.15, -0.1) is 0 Å². The minimum Gasteiger partial charge on any atom is -0.319 e. The highest BCUT2D eigenvalue weighted by atomic mass is 16.1. The molecule has 0 bridgehead atoms. The summed E-state index contributed by atoms with van der Waals surface area (Å²) in [5, 5.41) is 0. The van der Waals surface area contributed by atoms with Gasteiger partial charge in [0, 0.05) is 30.1 Å². The minimum atomic E-state index is 0.269. The maximum Gasteiger partial charge on any atom is 0.164 e. The highest BCUT2D eigenvalue weighted by Crippen LogP contribution is 2.25. The number of rotatable bonds is 1. The Morgan fingerprint density at radius 2 is 2.18 bits per heavy atom. The van der Waals surface area contributed by atoms with Gasteiger partial charge in [0.05, 0.1) is 11.9 Å². The first-order valence-corrected chi connectivity index (χ1v) is 5.91. The Balaban J connectivity index is 2.13. The van der Waals surface area contributed by atoms with Gasteiger partial charge >= 0.3 is 0 Å². The summed E-state index contributed by atoms with van der Waals surface area (Å²) >= 11 is 0. The summed E-state index contributed by atoms with van der Waals surface area (Å²) in [6.45, 7) is 2.03. The van der Waals surface area contributed by atoms with Crippen LogP contribution in [0.5, 0.6) is 0 Å². The number of carbonyl (C=O) groups excluding carboxylic acids is 1. The Morgan fingerprint density at radius 1 is 1.29 bits per heavy atom. The summed E-state index contributed by atoms with van der Waals surface area (Å²) < 4.78 is 2.09. The van der Waals surface area contributed by atoms with E-state index in [1.165, 1.54) is 0 Å². The molecule has 0 saturated heterocycles. The molecule has 86 valence electrons. The topological polar surface area (TPSA) is 34.9 Å². The molecule has 2 aromatic heterocycles. The summed E-state index contributed by atoms with van der Waals surface area (Å²) in [6, 6.07) is 4.02. The van der Waals surface area contributed by atoms with Crippen molar-refractivity contribution in [2.24, 2.45) is 0 Å². The van der Waals surface area contributed by atoms with Crippen LogP contribution in [0.4, 0.5) is 0 Å². The van der Waals surface area contributed by atoms with Crippen LogP contribution in [0.25, 0.3) is 5.69 Å². The van der Waals surface area contributed by atoms with E-state index in [1.807, 2.05) is 31.6 Å². The fourth-order valence-corrected chi connectivity index (χ4v) is 2.44. The number of aryl methyl sites for hydroxylation is 1. The highest BCUT2D eigenvalue weighted by Gasteiger charge is 2.20. The number of carbonyl (C=O) groups is 1. The Bertz CT molecular complexity index is 584. The smallest absolute Gasteiger partial charge is 0.164 e. The molecular weight excluding hydrogens is 212 g/mol. The molecule has 0 radical (unpaired) electrons. The third kappa shape index (κ3) is 1.68. The van der Waals surface area contributed by atoms with Crippen LogP contribution in [-0.4, -0.2) is 15.3 Å². The lowest BCUT2D eigenvalue weighted by Gasteiger charge is -2.14. The molecule has 2 heterocycles. The van der Waals surface area contributed by atoms with Crippen LogP contribution in [0.3, 0.4) is 0 Å². The third-order valence-electron chi connectivity index (χ3n) is 3.25. The number of nitrogens with zero attached hydrogens (tertiary/aromatic N) is 2. The van der Waals surface area contributed by atoms with Crippen LogP contribution < -0.4 is 0 Å². The molecule has 3 heteroatoms.